The molecule has 0 radical (unpaired) electrons. The van der Waals surface area contributed by atoms with E-state index in [0.717, 1.165) is 11.1 Å². The number of rotatable bonds is 6. The lowest BCUT2D eigenvalue weighted by Gasteiger charge is -2.27. The molecule has 0 aliphatic carbocycles. The van der Waals surface area contributed by atoms with Crippen molar-refractivity contribution in [1.82, 2.24) is 4.90 Å². The van der Waals surface area contributed by atoms with Crippen LogP contribution in [0.25, 0.3) is 0 Å². The van der Waals surface area contributed by atoms with Gasteiger partial charge in [-0.2, -0.15) is 8.42 Å². The number of benzene rings is 2. The Morgan fingerprint density at radius 1 is 1.03 bits per heavy atom. The van der Waals surface area contributed by atoms with Crippen molar-refractivity contribution in [2.45, 2.75) is 63.4 Å². The van der Waals surface area contributed by atoms with E-state index in [-0.39, 0.29) is 24.5 Å². The minimum atomic E-state index is -4.08. The highest BCUT2D eigenvalue weighted by Gasteiger charge is 2.44. The molecule has 178 valence electrons. The van der Waals surface area contributed by atoms with E-state index in [4.69, 9.17) is 13.7 Å². The number of carbonyl (C=O) groups is 2. The standard InChI is InChI=1S/C24H29NO7S/c1-17-10-12-20(13-11-17)33(28,29)32-19-14-21(25(15-19)23(27)31-24(2,3)4)22(26)30-16-18-8-6-5-7-9-18/h5-13,19,21H,14-16H2,1-4H3/t19-,21+/m1/s1. The van der Waals surface area contributed by atoms with Crippen LogP contribution in [0, 0.1) is 6.92 Å². The molecule has 2 aromatic rings. The highest BCUT2D eigenvalue weighted by atomic mass is 32.2. The van der Waals surface area contributed by atoms with Crippen LogP contribution in [0.3, 0.4) is 0 Å². The summed E-state index contributed by atoms with van der Waals surface area (Å²) in [5.74, 6) is -0.649. The predicted molar refractivity (Wildman–Crippen MR) is 121 cm³/mol. The van der Waals surface area contributed by atoms with Crippen molar-refractivity contribution in [3.63, 3.8) is 0 Å². The summed E-state index contributed by atoms with van der Waals surface area (Å²) in [6.45, 7) is 6.88. The Labute approximate surface area is 194 Å². The first kappa shape index (κ1) is 24.7. The molecule has 0 unspecified atom stereocenters. The van der Waals surface area contributed by atoms with Crippen LogP contribution in [0.15, 0.2) is 59.5 Å². The van der Waals surface area contributed by atoms with E-state index in [0.29, 0.717) is 0 Å². The lowest BCUT2D eigenvalue weighted by molar-refractivity contribution is -0.150. The van der Waals surface area contributed by atoms with Crippen LogP contribution in [-0.2, 0) is 35.2 Å². The fourth-order valence-electron chi connectivity index (χ4n) is 3.38. The van der Waals surface area contributed by atoms with Crippen molar-refractivity contribution >= 4 is 22.2 Å². The van der Waals surface area contributed by atoms with E-state index in [1.807, 2.05) is 37.3 Å². The van der Waals surface area contributed by atoms with E-state index in [9.17, 15) is 18.0 Å². The molecule has 0 spiro atoms. The number of hydrogen-bond acceptors (Lipinski definition) is 7. The molecule has 1 heterocycles. The van der Waals surface area contributed by atoms with Gasteiger partial charge in [0.05, 0.1) is 17.5 Å². The minimum absolute atomic E-state index is 0.00650. The van der Waals surface area contributed by atoms with Crippen LogP contribution in [0.1, 0.15) is 38.3 Å². The van der Waals surface area contributed by atoms with Crippen molar-refractivity contribution in [2.75, 3.05) is 6.54 Å². The van der Waals surface area contributed by atoms with Crippen LogP contribution >= 0.6 is 0 Å². The maximum Gasteiger partial charge on any atom is 0.411 e. The molecule has 9 heteroatoms. The first-order chi connectivity index (χ1) is 15.4. The van der Waals surface area contributed by atoms with Gasteiger partial charge in [-0.3, -0.25) is 9.08 Å². The van der Waals surface area contributed by atoms with Gasteiger partial charge in [0.25, 0.3) is 10.1 Å². The van der Waals surface area contributed by atoms with Crippen LogP contribution in [0.4, 0.5) is 4.79 Å². The van der Waals surface area contributed by atoms with Gasteiger partial charge in [-0.1, -0.05) is 48.0 Å². The van der Waals surface area contributed by atoms with Gasteiger partial charge < -0.3 is 9.47 Å². The number of hydrogen-bond donors (Lipinski definition) is 0. The molecule has 1 aliphatic rings. The van der Waals surface area contributed by atoms with Gasteiger partial charge in [0.1, 0.15) is 18.2 Å². The van der Waals surface area contributed by atoms with Gasteiger partial charge >= 0.3 is 12.1 Å². The largest absolute Gasteiger partial charge is 0.459 e. The summed E-state index contributed by atoms with van der Waals surface area (Å²) in [6.07, 6.45) is -1.68. The highest BCUT2D eigenvalue weighted by Crippen LogP contribution is 2.27. The molecule has 1 fully saturated rings. The van der Waals surface area contributed by atoms with E-state index >= 15 is 0 Å². The molecule has 3 rings (SSSR count). The number of ether oxygens (including phenoxy) is 2. The van der Waals surface area contributed by atoms with E-state index in [1.54, 1.807) is 32.9 Å². The summed E-state index contributed by atoms with van der Waals surface area (Å²) in [4.78, 5) is 26.8. The second kappa shape index (κ2) is 9.93. The quantitative estimate of drug-likeness (QED) is 0.463. The third-order valence-corrected chi connectivity index (χ3v) is 6.33. The third kappa shape index (κ3) is 6.79. The zero-order valence-electron chi connectivity index (χ0n) is 19.2. The Kier molecular flexibility index (Phi) is 7.44. The molecule has 0 aromatic heterocycles. The number of carbonyl (C=O) groups excluding carboxylic acids is 2. The second-order valence-electron chi connectivity index (χ2n) is 8.96. The summed E-state index contributed by atoms with van der Waals surface area (Å²) in [7, 11) is -4.08. The van der Waals surface area contributed by atoms with Crippen molar-refractivity contribution in [3.8, 4) is 0 Å². The molecule has 0 N–H and O–H groups in total. The minimum Gasteiger partial charge on any atom is -0.459 e. The Balaban J connectivity index is 1.75. The zero-order valence-corrected chi connectivity index (χ0v) is 20.0. The number of nitrogens with zero attached hydrogens (tertiary/aromatic N) is 1. The topological polar surface area (TPSA) is 99.2 Å². The molecule has 1 aliphatic heterocycles. The lowest BCUT2D eigenvalue weighted by atomic mass is 10.2. The van der Waals surface area contributed by atoms with Gasteiger partial charge in [0, 0.05) is 6.42 Å². The summed E-state index contributed by atoms with van der Waals surface area (Å²) >= 11 is 0. The average Bonchev–Trinajstić information content (AvgIpc) is 3.15. The molecule has 8 nitrogen and oxygen atoms in total. The maximum absolute atomic E-state index is 12.8. The molecular formula is C24H29NO7S. The van der Waals surface area contributed by atoms with E-state index in [2.05, 4.69) is 0 Å². The monoisotopic (exact) mass is 475 g/mol. The van der Waals surface area contributed by atoms with Gasteiger partial charge in [-0.15, -0.1) is 0 Å². The fourth-order valence-corrected chi connectivity index (χ4v) is 4.46. The summed E-state index contributed by atoms with van der Waals surface area (Å²) < 4.78 is 41.7. The summed E-state index contributed by atoms with van der Waals surface area (Å²) in [5, 5.41) is 0. The van der Waals surface area contributed by atoms with Crippen molar-refractivity contribution < 1.29 is 31.7 Å². The molecule has 33 heavy (non-hydrogen) atoms. The third-order valence-electron chi connectivity index (χ3n) is 4.96. The SMILES string of the molecule is Cc1ccc(S(=O)(=O)O[C@@H]2C[C@@H](C(=O)OCc3ccccc3)N(C(=O)OC(C)(C)C)C2)cc1. The number of amides is 1. The number of esters is 1. The van der Waals surface area contributed by atoms with Crippen LogP contribution in [-0.4, -0.2) is 49.7 Å². The lowest BCUT2D eigenvalue weighted by Crippen LogP contribution is -2.44. The van der Waals surface area contributed by atoms with Gasteiger partial charge in [0.15, 0.2) is 0 Å². The molecule has 2 atom stereocenters. The van der Waals surface area contributed by atoms with Crippen molar-refractivity contribution in [2.24, 2.45) is 0 Å². The smallest absolute Gasteiger partial charge is 0.411 e. The second-order valence-corrected chi connectivity index (χ2v) is 10.5. The van der Waals surface area contributed by atoms with Crippen LogP contribution < -0.4 is 0 Å². The number of aryl methyl sites for hydroxylation is 1. The molecule has 1 amide bonds. The van der Waals surface area contributed by atoms with Crippen LogP contribution in [0.2, 0.25) is 0 Å². The van der Waals surface area contributed by atoms with Crippen LogP contribution in [0.5, 0.6) is 0 Å². The molecule has 1 saturated heterocycles. The molecule has 0 bridgehead atoms. The highest BCUT2D eigenvalue weighted by molar-refractivity contribution is 7.86. The normalized spacial score (nSPS) is 18.7. The van der Waals surface area contributed by atoms with Gasteiger partial charge in [-0.05, 0) is 45.4 Å². The first-order valence-corrected chi connectivity index (χ1v) is 12.1. The Hall–Kier alpha value is -2.91. The molecule has 2 aromatic carbocycles. The van der Waals surface area contributed by atoms with Gasteiger partial charge in [-0.25, -0.2) is 9.59 Å². The number of likely N-dealkylation sites (tertiary alicyclic amines) is 1. The van der Waals surface area contributed by atoms with E-state index < -0.39 is 39.9 Å². The fraction of sp³-hybridized carbons (Fsp3) is 0.417. The average molecular weight is 476 g/mol. The summed E-state index contributed by atoms with van der Waals surface area (Å²) in [5.41, 5.74) is 0.914. The molecule has 0 saturated carbocycles. The Morgan fingerprint density at radius 3 is 2.27 bits per heavy atom. The Morgan fingerprint density at radius 2 is 1.67 bits per heavy atom. The summed E-state index contributed by atoms with van der Waals surface area (Å²) in [6, 6.07) is 14.3. The van der Waals surface area contributed by atoms with E-state index in [1.165, 1.54) is 17.0 Å². The maximum atomic E-state index is 12.8. The predicted octanol–water partition coefficient (Wildman–Crippen LogP) is 3.82. The zero-order chi connectivity index (χ0) is 24.2. The molecular weight excluding hydrogens is 446 g/mol. The first-order valence-electron chi connectivity index (χ1n) is 10.6. The van der Waals surface area contributed by atoms with Crippen molar-refractivity contribution in [3.05, 3.63) is 65.7 Å². The van der Waals surface area contributed by atoms with Crippen molar-refractivity contribution in [1.29, 1.82) is 0 Å². The Bertz CT molecular complexity index is 1080. The van der Waals surface area contributed by atoms with Gasteiger partial charge in [0.2, 0.25) is 0 Å².